The summed E-state index contributed by atoms with van der Waals surface area (Å²) < 4.78 is 0. The van der Waals surface area contributed by atoms with Gasteiger partial charge in [-0.05, 0) is 94.3 Å². The number of hydrogen-bond donors (Lipinski definition) is 1. The third-order valence-corrected chi connectivity index (χ3v) is 10.4. The third kappa shape index (κ3) is 4.92. The number of carbonyl (C=O) groups excluding carboxylic acids is 1. The van der Waals surface area contributed by atoms with Gasteiger partial charge in [0.2, 0.25) is 0 Å². The number of likely N-dealkylation sites (tertiary alicyclic amines) is 1. The number of benzene rings is 3. The number of piperidine rings is 2. The summed E-state index contributed by atoms with van der Waals surface area (Å²) in [4.78, 5) is 21.6. The van der Waals surface area contributed by atoms with Gasteiger partial charge in [-0.2, -0.15) is 0 Å². The highest BCUT2D eigenvalue weighted by Gasteiger charge is 2.52. The second-order valence-corrected chi connectivity index (χ2v) is 13.1. The van der Waals surface area contributed by atoms with Crippen LogP contribution < -0.4 is 5.32 Å². The lowest BCUT2D eigenvalue weighted by atomic mass is 9.68. The number of hydrogen-bond acceptors (Lipinski definition) is 4. The Morgan fingerprint density at radius 3 is 2.43 bits per heavy atom. The van der Waals surface area contributed by atoms with Crippen molar-refractivity contribution in [2.24, 2.45) is 0 Å². The Morgan fingerprint density at radius 2 is 1.64 bits per heavy atom. The number of fused-ring (bicyclic) bond motifs is 4. The summed E-state index contributed by atoms with van der Waals surface area (Å²) in [5.41, 5.74) is 7.62. The van der Waals surface area contributed by atoms with Crippen LogP contribution in [0.15, 0.2) is 85.2 Å². The van der Waals surface area contributed by atoms with Gasteiger partial charge >= 0.3 is 0 Å². The Bertz CT molecular complexity index is 1440. The summed E-state index contributed by atoms with van der Waals surface area (Å²) in [6.07, 6.45) is 11.4. The normalized spacial score (nSPS) is 24.8. The van der Waals surface area contributed by atoms with Crippen molar-refractivity contribution in [1.82, 2.24) is 20.0 Å². The van der Waals surface area contributed by atoms with E-state index in [-0.39, 0.29) is 17.4 Å². The molecule has 3 atom stereocenters. The highest BCUT2D eigenvalue weighted by Crippen LogP contribution is 2.47. The standard InChI is InChI=1S/C37H44N4O/c1-27-22-28(2)24-31(23-27)35(42)40-19-13-32(26-33(40)25-29-8-4-3-5-9-29)41-21-20-39-18-12-30-10-6-7-11-34(30)37(36(39)41)14-16-38-17-15-37/h3-11,20-24,32-33,36,38H,12-19,25-26H2,1-2H3/t32-,33-,36?/m1/s1. The van der Waals surface area contributed by atoms with Gasteiger partial charge in [0.25, 0.3) is 5.91 Å². The van der Waals surface area contributed by atoms with Crippen LogP contribution >= 0.6 is 0 Å². The zero-order chi connectivity index (χ0) is 28.7. The van der Waals surface area contributed by atoms with Crippen LogP contribution in [0.3, 0.4) is 0 Å². The van der Waals surface area contributed by atoms with Crippen LogP contribution in [0.5, 0.6) is 0 Å². The molecule has 3 aromatic rings. The minimum atomic E-state index is 0.100. The van der Waals surface area contributed by atoms with Gasteiger partial charge in [-0.1, -0.05) is 71.8 Å². The van der Waals surface area contributed by atoms with Gasteiger partial charge in [0.05, 0.1) is 0 Å². The van der Waals surface area contributed by atoms with Crippen molar-refractivity contribution in [3.63, 3.8) is 0 Å². The van der Waals surface area contributed by atoms with Gasteiger partial charge in [-0.3, -0.25) is 4.79 Å². The minimum Gasteiger partial charge on any atom is -0.355 e. The van der Waals surface area contributed by atoms with E-state index >= 15 is 0 Å². The molecule has 4 aliphatic heterocycles. The molecule has 1 amide bonds. The molecule has 4 aliphatic rings. The van der Waals surface area contributed by atoms with Crippen molar-refractivity contribution < 1.29 is 4.79 Å². The summed E-state index contributed by atoms with van der Waals surface area (Å²) in [5.74, 6) is 0.179. The van der Waals surface area contributed by atoms with E-state index in [1.165, 1.54) is 11.1 Å². The lowest BCUT2D eigenvalue weighted by Crippen LogP contribution is -2.61. The first kappa shape index (κ1) is 27.3. The van der Waals surface area contributed by atoms with Gasteiger partial charge < -0.3 is 20.0 Å². The highest BCUT2D eigenvalue weighted by molar-refractivity contribution is 5.95. The summed E-state index contributed by atoms with van der Waals surface area (Å²) in [5, 5.41) is 3.66. The fourth-order valence-electron chi connectivity index (χ4n) is 8.54. The van der Waals surface area contributed by atoms with E-state index in [2.05, 4.69) is 119 Å². The zero-order valence-electron chi connectivity index (χ0n) is 25.1. The van der Waals surface area contributed by atoms with Gasteiger partial charge in [0, 0.05) is 48.6 Å². The van der Waals surface area contributed by atoms with E-state index in [1.54, 1.807) is 5.56 Å². The topological polar surface area (TPSA) is 38.8 Å². The Labute approximate surface area is 251 Å². The van der Waals surface area contributed by atoms with Crippen LogP contribution in [-0.4, -0.2) is 65.0 Å². The maximum absolute atomic E-state index is 14.1. The Kier molecular flexibility index (Phi) is 7.31. The maximum Gasteiger partial charge on any atom is 0.254 e. The van der Waals surface area contributed by atoms with Crippen LogP contribution in [0.4, 0.5) is 0 Å². The minimum absolute atomic E-state index is 0.100. The predicted molar refractivity (Wildman–Crippen MR) is 169 cm³/mol. The van der Waals surface area contributed by atoms with Crippen LogP contribution in [0.25, 0.3) is 0 Å². The molecule has 1 N–H and O–H groups in total. The molecule has 218 valence electrons. The SMILES string of the molecule is Cc1cc(C)cc(C(=O)N2CC[C@@H](N3C=CN4CCc5ccccc5C5(CCNCC5)C43)C[C@H]2Cc2ccccc2)c1. The Balaban J connectivity index is 1.21. The Morgan fingerprint density at radius 1 is 0.905 bits per heavy atom. The summed E-state index contributed by atoms with van der Waals surface area (Å²) in [7, 11) is 0. The van der Waals surface area contributed by atoms with Crippen LogP contribution in [0.2, 0.25) is 0 Å². The fraction of sp³-hybridized carbons (Fsp3) is 0.432. The quantitative estimate of drug-likeness (QED) is 0.437. The Hall–Kier alpha value is -3.57. The lowest BCUT2D eigenvalue weighted by molar-refractivity contribution is -0.000333. The third-order valence-electron chi connectivity index (χ3n) is 10.4. The predicted octanol–water partition coefficient (Wildman–Crippen LogP) is 5.81. The van der Waals surface area contributed by atoms with Crippen LogP contribution in [0.1, 0.15) is 63.9 Å². The van der Waals surface area contributed by atoms with Crippen molar-refractivity contribution in [3.05, 3.63) is 119 Å². The molecule has 4 heterocycles. The molecule has 0 radical (unpaired) electrons. The van der Waals surface area contributed by atoms with Gasteiger partial charge in [0.1, 0.15) is 6.17 Å². The molecule has 0 saturated carbocycles. The molecular weight excluding hydrogens is 516 g/mol. The molecule has 0 aliphatic carbocycles. The number of rotatable bonds is 4. The molecule has 3 aromatic carbocycles. The van der Waals surface area contributed by atoms with Gasteiger partial charge in [-0.25, -0.2) is 0 Å². The average molecular weight is 561 g/mol. The molecule has 1 unspecified atom stereocenters. The lowest BCUT2D eigenvalue weighted by Gasteiger charge is -2.52. The summed E-state index contributed by atoms with van der Waals surface area (Å²) >= 11 is 0. The molecule has 7 rings (SSSR count). The first-order valence-corrected chi connectivity index (χ1v) is 16.0. The van der Waals surface area contributed by atoms with Crippen LogP contribution in [-0.2, 0) is 18.3 Å². The molecule has 2 fully saturated rings. The van der Waals surface area contributed by atoms with E-state index in [1.807, 2.05) is 0 Å². The van der Waals surface area contributed by atoms with Gasteiger partial charge in [-0.15, -0.1) is 0 Å². The second-order valence-electron chi connectivity index (χ2n) is 13.1. The zero-order valence-corrected chi connectivity index (χ0v) is 25.1. The molecule has 0 aromatic heterocycles. The van der Waals surface area contributed by atoms with Crippen molar-refractivity contribution in [2.45, 2.75) is 76.0 Å². The number of amides is 1. The summed E-state index contributed by atoms with van der Waals surface area (Å²) in [6, 6.07) is 26.8. The average Bonchev–Trinajstić information content (AvgIpc) is 3.40. The van der Waals surface area contributed by atoms with Crippen molar-refractivity contribution in [2.75, 3.05) is 26.2 Å². The van der Waals surface area contributed by atoms with Crippen LogP contribution in [0, 0.1) is 13.8 Å². The summed E-state index contributed by atoms with van der Waals surface area (Å²) in [6.45, 7) is 8.14. The van der Waals surface area contributed by atoms with Crippen molar-refractivity contribution >= 4 is 5.91 Å². The molecule has 0 bridgehead atoms. The molecular formula is C37H44N4O. The van der Waals surface area contributed by atoms with E-state index in [0.717, 1.165) is 81.4 Å². The number of nitrogens with zero attached hydrogens (tertiary/aromatic N) is 3. The van der Waals surface area contributed by atoms with E-state index in [0.29, 0.717) is 12.2 Å². The van der Waals surface area contributed by atoms with E-state index in [9.17, 15) is 4.79 Å². The molecule has 42 heavy (non-hydrogen) atoms. The molecule has 5 nitrogen and oxygen atoms in total. The van der Waals surface area contributed by atoms with Crippen molar-refractivity contribution in [1.29, 1.82) is 0 Å². The largest absolute Gasteiger partial charge is 0.355 e. The molecule has 2 saturated heterocycles. The number of carbonyl (C=O) groups is 1. The second kappa shape index (κ2) is 11.3. The monoisotopic (exact) mass is 560 g/mol. The highest BCUT2D eigenvalue weighted by atomic mass is 16.2. The van der Waals surface area contributed by atoms with Gasteiger partial charge in [0.15, 0.2) is 0 Å². The van der Waals surface area contributed by atoms with Crippen molar-refractivity contribution in [3.8, 4) is 0 Å². The number of nitrogens with one attached hydrogen (secondary N) is 1. The number of aryl methyl sites for hydroxylation is 2. The molecule has 1 spiro atoms. The molecule has 5 heteroatoms. The smallest absolute Gasteiger partial charge is 0.254 e. The van der Waals surface area contributed by atoms with E-state index in [4.69, 9.17) is 0 Å². The van der Waals surface area contributed by atoms with E-state index < -0.39 is 0 Å². The fourth-order valence-corrected chi connectivity index (χ4v) is 8.54. The maximum atomic E-state index is 14.1. The first-order valence-electron chi connectivity index (χ1n) is 16.0. The first-order chi connectivity index (χ1) is 20.5.